The Hall–Kier alpha value is -0.910. The number of nitrogens with one attached hydrogen (secondary N) is 1. The number of carbonyl (C=O) groups excluding carboxylic acids is 1. The van der Waals surface area contributed by atoms with E-state index in [-0.39, 0.29) is 17.8 Å². The second-order valence-corrected chi connectivity index (χ2v) is 5.85. The zero-order valence-corrected chi connectivity index (χ0v) is 11.7. The smallest absolute Gasteiger partial charge is 0.225 e. The van der Waals surface area contributed by atoms with Crippen molar-refractivity contribution in [3.8, 4) is 0 Å². The van der Waals surface area contributed by atoms with Gasteiger partial charge in [0, 0.05) is 23.1 Å². The number of carbonyl (C=O) groups is 1. The summed E-state index contributed by atoms with van der Waals surface area (Å²) in [6, 6.07) is 4.99. The molecule has 0 saturated heterocycles. The van der Waals surface area contributed by atoms with Crippen molar-refractivity contribution in [1.29, 1.82) is 0 Å². The number of amides is 1. The van der Waals surface area contributed by atoms with Crippen molar-refractivity contribution in [3.63, 3.8) is 0 Å². The number of benzene rings is 1. The number of aliphatic hydroxyl groups excluding tert-OH is 1. The summed E-state index contributed by atoms with van der Waals surface area (Å²) in [5.74, 6) is 0.603. The lowest BCUT2D eigenvalue weighted by atomic mass is 10.2. The van der Waals surface area contributed by atoms with Gasteiger partial charge in [-0.05, 0) is 18.2 Å². The first-order valence-corrected chi connectivity index (χ1v) is 7.03. The van der Waals surface area contributed by atoms with Crippen LogP contribution in [-0.2, 0) is 4.79 Å². The molecule has 0 radical (unpaired) electrons. The lowest BCUT2D eigenvalue weighted by molar-refractivity contribution is -0.115. The number of rotatable bonds is 6. The minimum Gasteiger partial charge on any atom is -0.397 e. The van der Waals surface area contributed by atoms with Crippen molar-refractivity contribution in [2.45, 2.75) is 18.6 Å². The molecule has 0 aliphatic heterocycles. The third-order valence-corrected chi connectivity index (χ3v) is 3.77. The fourth-order valence-electron chi connectivity index (χ4n) is 1.25. The molecule has 1 aromatic rings. The van der Waals surface area contributed by atoms with Gasteiger partial charge in [-0.3, -0.25) is 4.79 Å². The van der Waals surface area contributed by atoms with Crippen LogP contribution in [0, 0.1) is 0 Å². The summed E-state index contributed by atoms with van der Waals surface area (Å²) in [7, 11) is 0. The first kappa shape index (κ1) is 15.1. The van der Waals surface area contributed by atoms with Crippen LogP contribution in [0.4, 0.5) is 11.4 Å². The van der Waals surface area contributed by atoms with Gasteiger partial charge in [-0.25, -0.2) is 0 Å². The number of aliphatic hydroxyl groups is 1. The monoisotopic (exact) mass is 288 g/mol. The summed E-state index contributed by atoms with van der Waals surface area (Å²) in [6.07, 6.45) is 0.400. The lowest BCUT2D eigenvalue weighted by Crippen LogP contribution is -2.13. The molecule has 0 heterocycles. The van der Waals surface area contributed by atoms with E-state index in [2.05, 4.69) is 5.32 Å². The highest BCUT2D eigenvalue weighted by molar-refractivity contribution is 7.99. The molecule has 0 aliphatic carbocycles. The summed E-state index contributed by atoms with van der Waals surface area (Å²) in [6.45, 7) is 2.04. The molecule has 4 N–H and O–H groups in total. The van der Waals surface area contributed by atoms with Crippen LogP contribution in [-0.4, -0.2) is 28.6 Å². The first-order valence-electron chi connectivity index (χ1n) is 5.60. The Balaban J connectivity index is 2.38. The van der Waals surface area contributed by atoms with Crippen molar-refractivity contribution < 1.29 is 9.90 Å². The molecule has 100 valence electrons. The number of thioether (sulfide) groups is 1. The van der Waals surface area contributed by atoms with Gasteiger partial charge in [0.1, 0.15) is 0 Å². The zero-order chi connectivity index (χ0) is 13.5. The Morgan fingerprint density at radius 1 is 1.61 bits per heavy atom. The predicted octanol–water partition coefficient (Wildman–Crippen LogP) is 2.36. The summed E-state index contributed by atoms with van der Waals surface area (Å²) in [5.41, 5.74) is 6.72. The molecule has 1 unspecified atom stereocenters. The highest BCUT2D eigenvalue weighted by Gasteiger charge is 2.06. The lowest BCUT2D eigenvalue weighted by Gasteiger charge is -2.08. The highest BCUT2D eigenvalue weighted by Crippen LogP contribution is 2.22. The van der Waals surface area contributed by atoms with Crippen LogP contribution in [0.3, 0.4) is 0 Å². The van der Waals surface area contributed by atoms with E-state index in [9.17, 15) is 4.79 Å². The molecule has 0 saturated carbocycles. The predicted molar refractivity (Wildman–Crippen MR) is 78.1 cm³/mol. The summed E-state index contributed by atoms with van der Waals surface area (Å²) in [5, 5.41) is 12.2. The first-order chi connectivity index (χ1) is 8.52. The number of nitrogen functional groups attached to an aromatic ring is 1. The quantitative estimate of drug-likeness (QED) is 0.703. The Morgan fingerprint density at radius 2 is 2.33 bits per heavy atom. The average molecular weight is 289 g/mol. The van der Waals surface area contributed by atoms with Gasteiger partial charge in [0.25, 0.3) is 0 Å². The van der Waals surface area contributed by atoms with Crippen molar-refractivity contribution in [3.05, 3.63) is 23.2 Å². The molecular weight excluding hydrogens is 272 g/mol. The molecule has 1 atom stereocenters. The van der Waals surface area contributed by atoms with E-state index in [1.807, 2.05) is 6.92 Å². The third-order valence-electron chi connectivity index (χ3n) is 2.27. The molecular formula is C12H17ClN2O2S. The number of nitrogens with two attached hydrogens (primary N) is 1. The van der Waals surface area contributed by atoms with Gasteiger partial charge in [0.05, 0.1) is 17.3 Å². The Morgan fingerprint density at radius 3 is 2.94 bits per heavy atom. The van der Waals surface area contributed by atoms with E-state index in [0.29, 0.717) is 28.6 Å². The van der Waals surface area contributed by atoms with Gasteiger partial charge >= 0.3 is 0 Å². The maximum Gasteiger partial charge on any atom is 0.225 e. The molecule has 0 spiro atoms. The van der Waals surface area contributed by atoms with Gasteiger partial charge in [-0.2, -0.15) is 11.8 Å². The van der Waals surface area contributed by atoms with Crippen LogP contribution in [0.25, 0.3) is 0 Å². The Kier molecular flexibility index (Phi) is 6.32. The van der Waals surface area contributed by atoms with E-state index in [4.69, 9.17) is 22.4 Å². The van der Waals surface area contributed by atoms with Gasteiger partial charge in [0.2, 0.25) is 5.91 Å². The largest absolute Gasteiger partial charge is 0.397 e. The zero-order valence-electron chi connectivity index (χ0n) is 10.1. The molecule has 4 nitrogen and oxygen atoms in total. The number of halogens is 1. The Bertz CT molecular complexity index is 415. The molecule has 1 rings (SSSR count). The van der Waals surface area contributed by atoms with Crippen LogP contribution in [0.2, 0.25) is 5.02 Å². The van der Waals surface area contributed by atoms with E-state index >= 15 is 0 Å². The van der Waals surface area contributed by atoms with Crippen molar-refractivity contribution in [2.24, 2.45) is 0 Å². The number of hydrogen-bond donors (Lipinski definition) is 3. The van der Waals surface area contributed by atoms with Crippen LogP contribution >= 0.6 is 23.4 Å². The molecule has 0 fully saturated rings. The topological polar surface area (TPSA) is 75.3 Å². The molecule has 18 heavy (non-hydrogen) atoms. The summed E-state index contributed by atoms with van der Waals surface area (Å²) in [4.78, 5) is 11.6. The van der Waals surface area contributed by atoms with E-state index in [1.54, 1.807) is 30.0 Å². The van der Waals surface area contributed by atoms with Gasteiger partial charge in [-0.15, -0.1) is 0 Å². The summed E-state index contributed by atoms with van der Waals surface area (Å²) >= 11 is 7.35. The van der Waals surface area contributed by atoms with E-state index < -0.39 is 0 Å². The van der Waals surface area contributed by atoms with Crippen molar-refractivity contribution >= 4 is 40.6 Å². The van der Waals surface area contributed by atoms with Gasteiger partial charge in [0.15, 0.2) is 0 Å². The van der Waals surface area contributed by atoms with E-state index in [0.717, 1.165) is 0 Å². The molecule has 6 heteroatoms. The summed E-state index contributed by atoms with van der Waals surface area (Å²) < 4.78 is 0. The number of hydrogen-bond acceptors (Lipinski definition) is 4. The fourth-order valence-corrected chi connectivity index (χ4v) is 2.18. The minimum atomic E-state index is -0.0747. The fraction of sp³-hybridized carbons (Fsp3) is 0.417. The van der Waals surface area contributed by atoms with Crippen LogP contribution < -0.4 is 11.1 Å². The van der Waals surface area contributed by atoms with Crippen LogP contribution in [0.5, 0.6) is 0 Å². The standard InChI is InChI=1S/C12H17ClN2O2S/c1-8(7-16)18-5-4-12(17)15-9-2-3-10(13)11(14)6-9/h2-3,6,8,16H,4-5,7,14H2,1H3,(H,15,17). The van der Waals surface area contributed by atoms with Crippen LogP contribution in [0.1, 0.15) is 13.3 Å². The maximum atomic E-state index is 11.6. The normalized spacial score (nSPS) is 12.2. The molecule has 1 aromatic carbocycles. The Labute approximate surface area is 116 Å². The van der Waals surface area contributed by atoms with E-state index in [1.165, 1.54) is 0 Å². The maximum absolute atomic E-state index is 11.6. The second-order valence-electron chi connectivity index (χ2n) is 3.90. The molecule has 0 aromatic heterocycles. The molecule has 1 amide bonds. The van der Waals surface area contributed by atoms with Gasteiger partial charge in [-0.1, -0.05) is 18.5 Å². The van der Waals surface area contributed by atoms with Gasteiger partial charge < -0.3 is 16.2 Å². The molecule has 0 aliphatic rings. The van der Waals surface area contributed by atoms with Crippen molar-refractivity contribution in [1.82, 2.24) is 0 Å². The second kappa shape index (κ2) is 7.51. The minimum absolute atomic E-state index is 0.0747. The van der Waals surface area contributed by atoms with Crippen LogP contribution in [0.15, 0.2) is 18.2 Å². The number of anilines is 2. The average Bonchev–Trinajstić information content (AvgIpc) is 2.33. The SMILES string of the molecule is CC(CO)SCCC(=O)Nc1ccc(Cl)c(N)c1. The third kappa shape index (κ3) is 5.16. The van der Waals surface area contributed by atoms with Crippen molar-refractivity contribution in [2.75, 3.05) is 23.4 Å². The molecule has 0 bridgehead atoms. The highest BCUT2D eigenvalue weighted by atomic mass is 35.5.